The molecule has 0 fully saturated rings. The number of rotatable bonds is 2. The minimum absolute atomic E-state index is 0.0575. The van der Waals surface area contributed by atoms with Crippen LogP contribution in [0.5, 0.6) is 0 Å². The van der Waals surface area contributed by atoms with Crippen LogP contribution < -0.4 is 0 Å². The van der Waals surface area contributed by atoms with Crippen LogP contribution in [0.15, 0.2) is 40.5 Å². The highest BCUT2D eigenvalue weighted by atomic mass is 14.6. The fourth-order valence-electron chi connectivity index (χ4n) is 6.34. The Balaban J connectivity index is 2.00. The molecular weight excluding hydrogens is 312 g/mol. The van der Waals surface area contributed by atoms with Gasteiger partial charge in [0.05, 0.1) is 0 Å². The van der Waals surface area contributed by atoms with Crippen LogP contribution in [-0.4, -0.2) is 0 Å². The van der Waals surface area contributed by atoms with Crippen LogP contribution in [0.2, 0.25) is 0 Å². The number of fused-ring (bicyclic) bond motifs is 2. The Morgan fingerprint density at radius 1 is 0.846 bits per heavy atom. The molecule has 1 aromatic rings. The summed E-state index contributed by atoms with van der Waals surface area (Å²) in [7, 11) is 0. The molecule has 0 aromatic heterocycles. The summed E-state index contributed by atoms with van der Waals surface area (Å²) in [6, 6.07) is 5.11. The van der Waals surface area contributed by atoms with Gasteiger partial charge in [-0.05, 0) is 92.7 Å². The minimum Gasteiger partial charge on any atom is -0.0719 e. The summed E-state index contributed by atoms with van der Waals surface area (Å²) >= 11 is 0. The molecule has 1 aromatic carbocycles. The predicted molar refractivity (Wildman–Crippen MR) is 113 cm³/mol. The summed E-state index contributed by atoms with van der Waals surface area (Å²) in [6.45, 7) is 16.8. The van der Waals surface area contributed by atoms with Crippen LogP contribution in [0.4, 0.5) is 0 Å². The van der Waals surface area contributed by atoms with E-state index in [4.69, 9.17) is 0 Å². The van der Waals surface area contributed by atoms with E-state index in [-0.39, 0.29) is 10.8 Å². The van der Waals surface area contributed by atoms with Crippen molar-refractivity contribution in [1.82, 2.24) is 0 Å². The summed E-state index contributed by atoms with van der Waals surface area (Å²) in [5.74, 6) is 0.551. The largest absolute Gasteiger partial charge is 0.0719 e. The quantitative estimate of drug-likeness (QED) is 0.532. The van der Waals surface area contributed by atoms with Gasteiger partial charge < -0.3 is 0 Å². The lowest BCUT2D eigenvalue weighted by molar-refractivity contribution is 0.218. The van der Waals surface area contributed by atoms with E-state index in [1.807, 2.05) is 0 Å². The van der Waals surface area contributed by atoms with E-state index in [0.29, 0.717) is 5.92 Å². The standard InChI is InChI=1S/C26H34/c1-16(2)26(25(7)19(5)17(3)18(4)20(25)6)13-12-23-14-21-10-8-9-11-22(21)15-24(23)26/h12-16H,8-11H2,1-7H3. The van der Waals surface area contributed by atoms with E-state index in [2.05, 4.69) is 72.8 Å². The molecule has 0 saturated heterocycles. The minimum atomic E-state index is 0.0575. The molecular formula is C26H34. The van der Waals surface area contributed by atoms with Crippen LogP contribution >= 0.6 is 0 Å². The van der Waals surface area contributed by atoms with E-state index in [1.54, 1.807) is 27.8 Å². The SMILES string of the molecule is CC1=C(C)C(C)(C2(C(C)C)C=Cc3cc4c(cc32)CCCC4)C(C)=C1C. The van der Waals surface area contributed by atoms with Gasteiger partial charge in [0.1, 0.15) is 0 Å². The predicted octanol–water partition coefficient (Wildman–Crippen LogP) is 7.18. The molecule has 3 aliphatic carbocycles. The fraction of sp³-hybridized carbons (Fsp3) is 0.538. The van der Waals surface area contributed by atoms with Gasteiger partial charge in [0.2, 0.25) is 0 Å². The Labute approximate surface area is 160 Å². The summed E-state index contributed by atoms with van der Waals surface area (Å²) in [6.07, 6.45) is 10.2. The number of hydrogen-bond acceptors (Lipinski definition) is 0. The van der Waals surface area contributed by atoms with Gasteiger partial charge in [-0.15, -0.1) is 0 Å². The van der Waals surface area contributed by atoms with Gasteiger partial charge in [-0.3, -0.25) is 0 Å². The monoisotopic (exact) mass is 346 g/mol. The lowest BCUT2D eigenvalue weighted by Gasteiger charge is -2.50. The van der Waals surface area contributed by atoms with Gasteiger partial charge in [0.25, 0.3) is 0 Å². The Morgan fingerprint density at radius 3 is 1.92 bits per heavy atom. The molecule has 1 unspecified atom stereocenters. The molecule has 0 bridgehead atoms. The lowest BCUT2D eigenvalue weighted by Crippen LogP contribution is -2.46. The van der Waals surface area contributed by atoms with Crippen molar-refractivity contribution in [2.45, 2.75) is 79.6 Å². The molecule has 0 amide bonds. The van der Waals surface area contributed by atoms with Crippen molar-refractivity contribution in [1.29, 1.82) is 0 Å². The Kier molecular flexibility index (Phi) is 3.92. The molecule has 3 aliphatic rings. The van der Waals surface area contributed by atoms with E-state index < -0.39 is 0 Å². The maximum Gasteiger partial charge on any atom is 0.0292 e. The second-order valence-electron chi connectivity index (χ2n) is 9.40. The number of allylic oxidation sites excluding steroid dienone is 5. The molecule has 0 N–H and O–H groups in total. The van der Waals surface area contributed by atoms with Crippen LogP contribution in [0, 0.1) is 11.3 Å². The Morgan fingerprint density at radius 2 is 1.38 bits per heavy atom. The maximum absolute atomic E-state index is 2.60. The third kappa shape index (κ3) is 1.97. The first-order valence-electron chi connectivity index (χ1n) is 10.5. The first kappa shape index (κ1) is 17.8. The normalized spacial score (nSPS) is 26.8. The molecule has 0 spiro atoms. The van der Waals surface area contributed by atoms with Gasteiger partial charge in [0, 0.05) is 10.8 Å². The number of hydrogen-bond donors (Lipinski definition) is 0. The summed E-state index contributed by atoms with van der Waals surface area (Å²) < 4.78 is 0. The van der Waals surface area contributed by atoms with Crippen molar-refractivity contribution < 1.29 is 0 Å². The van der Waals surface area contributed by atoms with Crippen LogP contribution in [0.1, 0.15) is 83.6 Å². The third-order valence-electron chi connectivity index (χ3n) is 8.41. The van der Waals surface area contributed by atoms with E-state index in [1.165, 1.54) is 42.4 Å². The Bertz CT molecular complexity index is 848. The number of aryl methyl sites for hydroxylation is 2. The average Bonchev–Trinajstić information content (AvgIpc) is 3.08. The first-order valence-corrected chi connectivity index (χ1v) is 10.5. The highest BCUT2D eigenvalue weighted by Gasteiger charge is 2.56. The van der Waals surface area contributed by atoms with E-state index in [9.17, 15) is 0 Å². The van der Waals surface area contributed by atoms with Crippen molar-refractivity contribution in [2.24, 2.45) is 11.3 Å². The summed E-state index contributed by atoms with van der Waals surface area (Å²) in [5, 5.41) is 0. The highest BCUT2D eigenvalue weighted by molar-refractivity contribution is 5.71. The molecule has 0 radical (unpaired) electrons. The van der Waals surface area contributed by atoms with E-state index in [0.717, 1.165) is 0 Å². The molecule has 0 saturated carbocycles. The van der Waals surface area contributed by atoms with Crippen molar-refractivity contribution in [3.8, 4) is 0 Å². The molecule has 138 valence electrons. The molecule has 4 rings (SSSR count). The van der Waals surface area contributed by atoms with Gasteiger partial charge in [-0.1, -0.05) is 56.2 Å². The van der Waals surface area contributed by atoms with Crippen LogP contribution in [-0.2, 0) is 18.3 Å². The second kappa shape index (κ2) is 5.72. The Hall–Kier alpha value is -1.56. The van der Waals surface area contributed by atoms with Crippen molar-refractivity contribution >= 4 is 6.08 Å². The molecule has 0 nitrogen and oxygen atoms in total. The highest BCUT2D eigenvalue weighted by Crippen LogP contribution is 2.63. The summed E-state index contributed by atoms with van der Waals surface area (Å²) in [4.78, 5) is 0. The number of benzene rings is 1. The van der Waals surface area contributed by atoms with Gasteiger partial charge in [0.15, 0.2) is 0 Å². The van der Waals surface area contributed by atoms with Gasteiger partial charge in [-0.25, -0.2) is 0 Å². The van der Waals surface area contributed by atoms with Crippen LogP contribution in [0.25, 0.3) is 6.08 Å². The molecule has 1 atom stereocenters. The smallest absolute Gasteiger partial charge is 0.0292 e. The molecule has 0 aliphatic heterocycles. The third-order valence-corrected chi connectivity index (χ3v) is 8.41. The zero-order valence-electron chi connectivity index (χ0n) is 17.7. The van der Waals surface area contributed by atoms with Crippen molar-refractivity contribution in [2.75, 3.05) is 0 Å². The average molecular weight is 347 g/mol. The fourth-order valence-corrected chi connectivity index (χ4v) is 6.34. The van der Waals surface area contributed by atoms with Crippen molar-refractivity contribution in [3.63, 3.8) is 0 Å². The second-order valence-corrected chi connectivity index (χ2v) is 9.40. The molecule has 0 heteroatoms. The van der Waals surface area contributed by atoms with Gasteiger partial charge >= 0.3 is 0 Å². The molecule has 26 heavy (non-hydrogen) atoms. The summed E-state index contributed by atoms with van der Waals surface area (Å²) in [5.41, 5.74) is 12.5. The lowest BCUT2D eigenvalue weighted by atomic mass is 9.52. The van der Waals surface area contributed by atoms with E-state index >= 15 is 0 Å². The zero-order valence-corrected chi connectivity index (χ0v) is 17.7. The first-order chi connectivity index (χ1) is 12.2. The zero-order chi connectivity index (χ0) is 18.9. The topological polar surface area (TPSA) is 0 Å². The van der Waals surface area contributed by atoms with Gasteiger partial charge in [-0.2, -0.15) is 0 Å². The van der Waals surface area contributed by atoms with Crippen LogP contribution in [0.3, 0.4) is 0 Å². The molecule has 0 heterocycles. The maximum atomic E-state index is 2.60. The van der Waals surface area contributed by atoms with Crippen molar-refractivity contribution in [3.05, 3.63) is 62.8 Å².